The first-order valence-corrected chi connectivity index (χ1v) is 11.2. The van der Waals surface area contributed by atoms with Crippen molar-refractivity contribution in [1.29, 1.82) is 0 Å². The van der Waals surface area contributed by atoms with Crippen molar-refractivity contribution in [2.75, 3.05) is 20.2 Å². The van der Waals surface area contributed by atoms with Gasteiger partial charge >= 0.3 is 0 Å². The second-order valence-corrected chi connectivity index (χ2v) is 9.31. The first kappa shape index (κ1) is 20.7. The third-order valence-electron chi connectivity index (χ3n) is 5.06. The number of methoxy groups -OCH3 is 1. The van der Waals surface area contributed by atoms with Gasteiger partial charge in [-0.15, -0.1) is 10.2 Å². The fourth-order valence-electron chi connectivity index (χ4n) is 3.46. The first-order valence-electron chi connectivity index (χ1n) is 9.34. The largest absolute Gasteiger partial charge is 0.495 e. The number of hydrogen-bond acceptors (Lipinski definition) is 8. The quantitative estimate of drug-likeness (QED) is 0.584. The van der Waals surface area contributed by atoms with E-state index in [0.717, 1.165) is 12.1 Å². The lowest BCUT2D eigenvalue weighted by molar-refractivity contribution is 0.285. The maximum atomic E-state index is 13.3. The fraction of sp³-hybridized carbons (Fsp3) is 0.368. The number of hydrogen-bond donors (Lipinski definition) is 0. The number of piperidine rings is 1. The van der Waals surface area contributed by atoms with Gasteiger partial charge in [0.2, 0.25) is 15.9 Å². The molecule has 0 bridgehead atoms. The van der Waals surface area contributed by atoms with Gasteiger partial charge in [0, 0.05) is 24.3 Å². The van der Waals surface area contributed by atoms with E-state index in [-0.39, 0.29) is 23.1 Å². The van der Waals surface area contributed by atoms with Crippen molar-refractivity contribution in [2.24, 2.45) is 0 Å². The molecule has 2 aromatic heterocycles. The minimum Gasteiger partial charge on any atom is -0.495 e. The van der Waals surface area contributed by atoms with E-state index in [4.69, 9.17) is 20.8 Å². The van der Waals surface area contributed by atoms with Crippen LogP contribution in [0.1, 0.15) is 30.3 Å². The van der Waals surface area contributed by atoms with Crippen LogP contribution in [-0.2, 0) is 10.0 Å². The molecule has 1 aliphatic heterocycles. The summed E-state index contributed by atoms with van der Waals surface area (Å²) in [5.74, 6) is 0.747. The predicted molar refractivity (Wildman–Crippen MR) is 109 cm³/mol. The van der Waals surface area contributed by atoms with Crippen molar-refractivity contribution in [1.82, 2.24) is 24.5 Å². The highest BCUT2D eigenvalue weighted by molar-refractivity contribution is 7.89. The van der Waals surface area contributed by atoms with Gasteiger partial charge in [0.05, 0.1) is 24.3 Å². The van der Waals surface area contributed by atoms with Crippen molar-refractivity contribution < 1.29 is 17.6 Å². The highest BCUT2D eigenvalue weighted by Gasteiger charge is 2.35. The smallest absolute Gasteiger partial charge is 0.251 e. The molecule has 1 aliphatic rings. The van der Waals surface area contributed by atoms with E-state index >= 15 is 0 Å². The van der Waals surface area contributed by atoms with E-state index in [1.165, 1.54) is 23.8 Å². The lowest BCUT2D eigenvalue weighted by Crippen LogP contribution is -2.39. The van der Waals surface area contributed by atoms with Crippen LogP contribution in [-0.4, -0.2) is 53.1 Å². The SMILES string of the molecule is COc1ccc(Cl)cc1S(=O)(=O)N1CCC[C@@H](c2nnc(-c3cncnc3C)o2)C1. The van der Waals surface area contributed by atoms with Gasteiger partial charge in [-0.1, -0.05) is 11.6 Å². The Bertz CT molecular complexity index is 1170. The van der Waals surface area contributed by atoms with Crippen molar-refractivity contribution in [3.8, 4) is 17.2 Å². The molecule has 0 N–H and O–H groups in total. The monoisotopic (exact) mass is 449 g/mol. The minimum atomic E-state index is -3.81. The Hall–Kier alpha value is -2.56. The van der Waals surface area contributed by atoms with Crippen LogP contribution < -0.4 is 4.74 Å². The van der Waals surface area contributed by atoms with E-state index in [9.17, 15) is 8.42 Å². The molecule has 0 saturated carbocycles. The molecule has 1 atom stereocenters. The fourth-order valence-corrected chi connectivity index (χ4v) is 5.40. The molecule has 0 amide bonds. The number of aromatic nitrogens is 4. The molecule has 3 aromatic rings. The van der Waals surface area contributed by atoms with Crippen LogP contribution in [0.25, 0.3) is 11.5 Å². The van der Waals surface area contributed by atoms with Crippen LogP contribution in [0.5, 0.6) is 5.75 Å². The molecule has 158 valence electrons. The summed E-state index contributed by atoms with van der Waals surface area (Å²) >= 11 is 6.04. The molecular formula is C19H20ClN5O4S. The zero-order valence-electron chi connectivity index (χ0n) is 16.4. The van der Waals surface area contributed by atoms with Gasteiger partial charge < -0.3 is 9.15 Å². The first-order chi connectivity index (χ1) is 14.4. The molecule has 0 radical (unpaired) electrons. The van der Waals surface area contributed by atoms with E-state index < -0.39 is 10.0 Å². The molecule has 30 heavy (non-hydrogen) atoms. The van der Waals surface area contributed by atoms with Crippen LogP contribution in [0, 0.1) is 6.92 Å². The standard InChI is InChI=1S/C19H20ClN5O4S/c1-12-15(9-21-11-22-12)19-24-23-18(29-19)13-4-3-7-25(10-13)30(26,27)17-8-14(20)5-6-16(17)28-2/h5-6,8-9,11,13H,3-4,7,10H2,1-2H3/t13-/m1/s1. The van der Waals surface area contributed by atoms with Crippen LogP contribution in [0.2, 0.25) is 5.02 Å². The highest BCUT2D eigenvalue weighted by atomic mass is 35.5. The number of sulfonamides is 1. The summed E-state index contributed by atoms with van der Waals surface area (Å²) in [5, 5.41) is 8.58. The molecule has 0 unspecified atom stereocenters. The highest BCUT2D eigenvalue weighted by Crippen LogP contribution is 2.34. The average Bonchev–Trinajstić information content (AvgIpc) is 3.24. The third kappa shape index (κ3) is 3.90. The average molecular weight is 450 g/mol. The Morgan fingerprint density at radius 2 is 2.13 bits per heavy atom. The molecule has 1 fully saturated rings. The Labute approximate surface area is 179 Å². The number of rotatable bonds is 5. The maximum absolute atomic E-state index is 13.3. The van der Waals surface area contributed by atoms with Crippen molar-refractivity contribution in [2.45, 2.75) is 30.6 Å². The molecular weight excluding hydrogens is 430 g/mol. The maximum Gasteiger partial charge on any atom is 0.251 e. The van der Waals surface area contributed by atoms with E-state index in [2.05, 4.69) is 20.2 Å². The molecule has 1 aromatic carbocycles. The van der Waals surface area contributed by atoms with Gasteiger partial charge in [0.25, 0.3) is 5.89 Å². The second kappa shape index (κ2) is 8.29. The topological polar surface area (TPSA) is 111 Å². The minimum absolute atomic E-state index is 0.0430. The summed E-state index contributed by atoms with van der Waals surface area (Å²) in [4.78, 5) is 8.17. The lowest BCUT2D eigenvalue weighted by Gasteiger charge is -2.30. The third-order valence-corrected chi connectivity index (χ3v) is 7.18. The molecule has 1 saturated heterocycles. The van der Waals surface area contributed by atoms with E-state index in [1.54, 1.807) is 18.3 Å². The summed E-state index contributed by atoms with van der Waals surface area (Å²) < 4.78 is 39.0. The lowest BCUT2D eigenvalue weighted by atomic mass is 10.00. The normalized spacial score (nSPS) is 17.8. The molecule has 0 aliphatic carbocycles. The van der Waals surface area contributed by atoms with Gasteiger partial charge in [0.1, 0.15) is 17.0 Å². The zero-order chi connectivity index (χ0) is 21.3. The molecule has 11 heteroatoms. The Morgan fingerprint density at radius 3 is 2.90 bits per heavy atom. The Kier molecular flexibility index (Phi) is 5.72. The van der Waals surface area contributed by atoms with E-state index in [1.807, 2.05) is 6.92 Å². The van der Waals surface area contributed by atoms with Gasteiger partial charge in [-0.2, -0.15) is 4.31 Å². The summed E-state index contributed by atoms with van der Waals surface area (Å²) in [6.45, 7) is 2.44. The van der Waals surface area contributed by atoms with Crippen LogP contribution >= 0.6 is 11.6 Å². The van der Waals surface area contributed by atoms with Crippen LogP contribution in [0.4, 0.5) is 0 Å². The molecule has 0 spiro atoms. The van der Waals surface area contributed by atoms with Gasteiger partial charge in [-0.25, -0.2) is 18.4 Å². The number of ether oxygens (including phenoxy) is 1. The zero-order valence-corrected chi connectivity index (χ0v) is 18.0. The van der Waals surface area contributed by atoms with Crippen molar-refractivity contribution >= 4 is 21.6 Å². The molecule has 4 rings (SSSR count). The van der Waals surface area contributed by atoms with Gasteiger partial charge in [-0.05, 0) is 38.0 Å². The second-order valence-electron chi connectivity index (χ2n) is 6.96. The Balaban J connectivity index is 1.60. The van der Waals surface area contributed by atoms with E-state index in [0.29, 0.717) is 35.3 Å². The summed E-state index contributed by atoms with van der Waals surface area (Å²) in [5.41, 5.74) is 1.38. The van der Waals surface area contributed by atoms with Crippen molar-refractivity contribution in [3.05, 3.63) is 47.3 Å². The molecule has 3 heterocycles. The Morgan fingerprint density at radius 1 is 1.30 bits per heavy atom. The number of benzene rings is 1. The summed E-state index contributed by atoms with van der Waals surface area (Å²) in [7, 11) is -2.38. The molecule has 9 nitrogen and oxygen atoms in total. The predicted octanol–water partition coefficient (Wildman–Crippen LogP) is 3.07. The number of nitrogens with zero attached hydrogens (tertiary/aromatic N) is 5. The van der Waals surface area contributed by atoms with Gasteiger partial charge in [0.15, 0.2) is 0 Å². The number of aryl methyl sites for hydroxylation is 1. The summed E-state index contributed by atoms with van der Waals surface area (Å²) in [6, 6.07) is 4.54. The number of halogens is 1. The van der Waals surface area contributed by atoms with Crippen molar-refractivity contribution in [3.63, 3.8) is 0 Å². The summed E-state index contributed by atoms with van der Waals surface area (Å²) in [6.07, 6.45) is 4.47. The van der Waals surface area contributed by atoms with Gasteiger partial charge in [-0.3, -0.25) is 0 Å². The van der Waals surface area contributed by atoms with Crippen LogP contribution in [0.3, 0.4) is 0 Å². The van der Waals surface area contributed by atoms with Crippen LogP contribution in [0.15, 0.2) is 40.0 Å².